The van der Waals surface area contributed by atoms with Gasteiger partial charge in [0.1, 0.15) is 6.10 Å². The number of unbranched alkanes of at least 4 members (excludes halogenated alkanes) is 1. The molecular formula is C23H37O6P. The predicted octanol–water partition coefficient (Wildman–Crippen LogP) is 5.76. The summed E-state index contributed by atoms with van der Waals surface area (Å²) in [4.78, 5) is 17.5. The van der Waals surface area contributed by atoms with E-state index >= 15 is 0 Å². The molecule has 1 rings (SSSR count). The van der Waals surface area contributed by atoms with Crippen LogP contribution in [0.15, 0.2) is 60.8 Å². The second kappa shape index (κ2) is 17.4. The first kappa shape index (κ1) is 26.8. The van der Waals surface area contributed by atoms with Gasteiger partial charge in [0.2, 0.25) is 0 Å². The molecule has 1 aliphatic heterocycles. The van der Waals surface area contributed by atoms with Gasteiger partial charge in [-0.25, -0.2) is 4.57 Å². The zero-order valence-electron chi connectivity index (χ0n) is 18.0. The minimum absolute atomic E-state index is 0.136. The fourth-order valence-corrected chi connectivity index (χ4v) is 3.23. The number of ether oxygens (including phenoxy) is 2. The zero-order chi connectivity index (χ0) is 21.9. The fraction of sp³-hybridized carbons (Fsp3) is 0.565. The molecule has 30 heavy (non-hydrogen) atoms. The zero-order valence-corrected chi connectivity index (χ0v) is 18.9. The Morgan fingerprint density at radius 3 is 1.77 bits per heavy atom. The molecule has 0 bridgehead atoms. The van der Waals surface area contributed by atoms with Crippen LogP contribution in [0.25, 0.3) is 0 Å². The SMILES string of the molecule is CC/C=C\C/C=C\C/C=C\C/C=C\C/C=C\CCCC1OCC(OP(=O)(O)O)CO1. The molecule has 0 atom stereocenters. The van der Waals surface area contributed by atoms with E-state index in [4.69, 9.17) is 19.3 Å². The lowest BCUT2D eigenvalue weighted by Crippen LogP contribution is -2.36. The molecule has 0 aromatic rings. The summed E-state index contributed by atoms with van der Waals surface area (Å²) in [5, 5.41) is 0. The third-order valence-electron chi connectivity index (χ3n) is 4.19. The summed E-state index contributed by atoms with van der Waals surface area (Å²) < 4.78 is 26.2. The van der Waals surface area contributed by atoms with Crippen LogP contribution in [-0.2, 0) is 18.6 Å². The van der Waals surface area contributed by atoms with Crippen molar-refractivity contribution in [2.45, 2.75) is 70.7 Å². The summed E-state index contributed by atoms with van der Waals surface area (Å²) in [5.74, 6) is 0. The molecule has 1 aliphatic rings. The number of hydrogen-bond donors (Lipinski definition) is 2. The van der Waals surface area contributed by atoms with Crippen molar-refractivity contribution < 1.29 is 28.3 Å². The number of phosphoric acid groups is 1. The molecule has 0 unspecified atom stereocenters. The average molecular weight is 441 g/mol. The van der Waals surface area contributed by atoms with Gasteiger partial charge in [0.05, 0.1) is 13.2 Å². The molecule has 0 aromatic carbocycles. The van der Waals surface area contributed by atoms with Crippen molar-refractivity contribution in [1.29, 1.82) is 0 Å². The highest BCUT2D eigenvalue weighted by molar-refractivity contribution is 7.46. The number of rotatable bonds is 15. The first-order valence-electron chi connectivity index (χ1n) is 10.7. The van der Waals surface area contributed by atoms with Gasteiger partial charge in [0.15, 0.2) is 6.29 Å². The molecule has 7 heteroatoms. The van der Waals surface area contributed by atoms with E-state index in [9.17, 15) is 4.57 Å². The molecule has 2 N–H and O–H groups in total. The van der Waals surface area contributed by atoms with Gasteiger partial charge in [-0.2, -0.15) is 0 Å². The van der Waals surface area contributed by atoms with Crippen LogP contribution in [0.3, 0.4) is 0 Å². The topological polar surface area (TPSA) is 85.2 Å². The van der Waals surface area contributed by atoms with Crippen LogP contribution in [0.1, 0.15) is 58.3 Å². The number of phosphoric ester groups is 1. The molecular weight excluding hydrogens is 403 g/mol. The summed E-state index contributed by atoms with van der Waals surface area (Å²) in [6.07, 6.45) is 28.4. The number of hydrogen-bond acceptors (Lipinski definition) is 4. The molecule has 1 heterocycles. The van der Waals surface area contributed by atoms with Gasteiger partial charge in [0.25, 0.3) is 0 Å². The first-order chi connectivity index (χ1) is 14.5. The molecule has 0 saturated carbocycles. The molecule has 0 aliphatic carbocycles. The minimum atomic E-state index is -4.49. The van der Waals surface area contributed by atoms with Crippen LogP contribution in [0.5, 0.6) is 0 Å². The normalized spacial score (nSPS) is 21.3. The van der Waals surface area contributed by atoms with Crippen molar-refractivity contribution in [3.63, 3.8) is 0 Å². The monoisotopic (exact) mass is 440 g/mol. The quantitative estimate of drug-likeness (QED) is 0.191. The van der Waals surface area contributed by atoms with E-state index in [1.54, 1.807) is 0 Å². The van der Waals surface area contributed by atoms with Crippen LogP contribution in [-0.4, -0.2) is 35.4 Å². The van der Waals surface area contributed by atoms with E-state index < -0.39 is 13.9 Å². The van der Waals surface area contributed by atoms with Crippen LogP contribution < -0.4 is 0 Å². The van der Waals surface area contributed by atoms with E-state index in [2.05, 4.69) is 72.2 Å². The Morgan fingerprint density at radius 2 is 1.30 bits per heavy atom. The molecule has 1 fully saturated rings. The lowest BCUT2D eigenvalue weighted by atomic mass is 10.2. The van der Waals surface area contributed by atoms with E-state index in [1.807, 2.05) is 0 Å². The van der Waals surface area contributed by atoms with Crippen molar-refractivity contribution in [1.82, 2.24) is 0 Å². The second-order valence-electron chi connectivity index (χ2n) is 6.95. The molecule has 170 valence electrons. The maximum Gasteiger partial charge on any atom is 0.470 e. The van der Waals surface area contributed by atoms with Gasteiger partial charge < -0.3 is 19.3 Å². The molecule has 0 radical (unpaired) electrons. The molecule has 0 amide bonds. The maximum absolute atomic E-state index is 10.8. The highest BCUT2D eigenvalue weighted by Crippen LogP contribution is 2.38. The van der Waals surface area contributed by atoms with E-state index in [0.29, 0.717) is 0 Å². The summed E-state index contributed by atoms with van der Waals surface area (Å²) in [6.45, 7) is 2.42. The Kier molecular flexibility index (Phi) is 15.5. The van der Waals surface area contributed by atoms with Crippen LogP contribution in [0, 0.1) is 0 Å². The van der Waals surface area contributed by atoms with Crippen LogP contribution in [0.4, 0.5) is 0 Å². The van der Waals surface area contributed by atoms with Gasteiger partial charge in [-0.05, 0) is 51.4 Å². The summed E-state index contributed by atoms with van der Waals surface area (Å²) in [6, 6.07) is 0. The Labute approximate surface area is 181 Å². The third-order valence-corrected chi connectivity index (χ3v) is 4.76. The fourth-order valence-electron chi connectivity index (χ4n) is 2.72. The molecule has 6 nitrogen and oxygen atoms in total. The van der Waals surface area contributed by atoms with Crippen LogP contribution >= 0.6 is 7.82 Å². The maximum atomic E-state index is 10.8. The van der Waals surface area contributed by atoms with Gasteiger partial charge in [-0.1, -0.05) is 67.7 Å². The van der Waals surface area contributed by atoms with Gasteiger partial charge in [-0.15, -0.1) is 0 Å². The summed E-state index contributed by atoms with van der Waals surface area (Å²) in [5.41, 5.74) is 0. The molecule has 0 aromatic heterocycles. The van der Waals surface area contributed by atoms with E-state index in [0.717, 1.165) is 51.4 Å². The Balaban J connectivity index is 1.96. The highest BCUT2D eigenvalue weighted by Gasteiger charge is 2.28. The van der Waals surface area contributed by atoms with Crippen molar-refractivity contribution >= 4 is 7.82 Å². The minimum Gasteiger partial charge on any atom is -0.350 e. The Morgan fingerprint density at radius 1 is 0.833 bits per heavy atom. The average Bonchev–Trinajstić information content (AvgIpc) is 2.70. The van der Waals surface area contributed by atoms with Gasteiger partial charge >= 0.3 is 7.82 Å². The van der Waals surface area contributed by atoms with Crippen LogP contribution in [0.2, 0.25) is 0 Å². The van der Waals surface area contributed by atoms with Crippen molar-refractivity contribution in [2.75, 3.05) is 13.2 Å². The van der Waals surface area contributed by atoms with E-state index in [1.165, 1.54) is 0 Å². The lowest BCUT2D eigenvalue weighted by Gasteiger charge is -2.29. The smallest absolute Gasteiger partial charge is 0.350 e. The second-order valence-corrected chi connectivity index (χ2v) is 8.15. The Bertz CT molecular complexity index is 609. The largest absolute Gasteiger partial charge is 0.470 e. The van der Waals surface area contributed by atoms with Crippen molar-refractivity contribution in [2.24, 2.45) is 0 Å². The first-order valence-corrected chi connectivity index (χ1v) is 12.3. The van der Waals surface area contributed by atoms with Gasteiger partial charge in [-0.3, -0.25) is 4.52 Å². The predicted molar refractivity (Wildman–Crippen MR) is 121 cm³/mol. The standard InChI is InChI=1S/C23H37O6P/c1-2-3-4-5-6-7-8-9-10-11-12-13-14-15-16-17-18-19-23-27-20-22(21-28-23)29-30(24,25)26/h3-4,6-7,9-10,12-13,15-16,22-23H,2,5,8,11,14,17-21H2,1H3,(H2,24,25,26)/b4-3-,7-6-,10-9-,13-12-,16-15-. The summed E-state index contributed by atoms with van der Waals surface area (Å²) in [7, 11) is -4.49. The van der Waals surface area contributed by atoms with Crippen molar-refractivity contribution in [3.05, 3.63) is 60.8 Å². The number of allylic oxidation sites excluding steroid dienone is 10. The van der Waals surface area contributed by atoms with Gasteiger partial charge in [0, 0.05) is 0 Å². The van der Waals surface area contributed by atoms with Crippen molar-refractivity contribution in [3.8, 4) is 0 Å². The summed E-state index contributed by atoms with van der Waals surface area (Å²) >= 11 is 0. The molecule has 1 saturated heterocycles. The van der Waals surface area contributed by atoms with E-state index in [-0.39, 0.29) is 19.5 Å². The Hall–Kier alpha value is -1.27. The third kappa shape index (κ3) is 16.5. The lowest BCUT2D eigenvalue weighted by molar-refractivity contribution is -0.215. The molecule has 0 spiro atoms. The highest BCUT2D eigenvalue weighted by atomic mass is 31.2.